The van der Waals surface area contributed by atoms with Crippen LogP contribution in [-0.4, -0.2) is 19.6 Å². The molecule has 1 aliphatic heterocycles. The van der Waals surface area contributed by atoms with E-state index in [1.54, 1.807) is 0 Å². The predicted molar refractivity (Wildman–Crippen MR) is 50.0 cm³/mol. The smallest absolute Gasteiger partial charge is 0.374 e. The number of ether oxygens (including phenoxy) is 1. The highest BCUT2D eigenvalue weighted by Gasteiger charge is 2.24. The van der Waals surface area contributed by atoms with Gasteiger partial charge in [0.15, 0.2) is 0 Å². The van der Waals surface area contributed by atoms with Gasteiger partial charge in [-0.15, -0.1) is 0 Å². The molecular formula is C10H13NO3. The van der Waals surface area contributed by atoms with Gasteiger partial charge in [0.1, 0.15) is 0 Å². The van der Waals surface area contributed by atoms with Gasteiger partial charge >= 0.3 is 5.97 Å². The van der Waals surface area contributed by atoms with E-state index in [4.69, 9.17) is 4.42 Å². The second-order valence-electron chi connectivity index (χ2n) is 3.35. The second-order valence-corrected chi connectivity index (χ2v) is 3.35. The molecule has 0 radical (unpaired) electrons. The first kappa shape index (κ1) is 9.27. The fraction of sp³-hybridized carbons (Fsp3) is 0.500. The molecule has 0 amide bonds. The summed E-state index contributed by atoms with van der Waals surface area (Å²) >= 11 is 0. The molecule has 1 N–H and O–H groups in total. The van der Waals surface area contributed by atoms with Crippen LogP contribution in [0.5, 0.6) is 0 Å². The van der Waals surface area contributed by atoms with E-state index in [-0.39, 0.29) is 6.04 Å². The number of hydrogen-bond donors (Lipinski definition) is 1. The fourth-order valence-electron chi connectivity index (χ4n) is 1.80. The molecule has 1 aliphatic rings. The quantitative estimate of drug-likeness (QED) is 0.726. The van der Waals surface area contributed by atoms with Crippen LogP contribution >= 0.6 is 0 Å². The lowest BCUT2D eigenvalue weighted by atomic mass is 10.1. The number of hydrogen-bond acceptors (Lipinski definition) is 4. The molecule has 0 bridgehead atoms. The Morgan fingerprint density at radius 3 is 3.21 bits per heavy atom. The topological polar surface area (TPSA) is 51.5 Å². The molecule has 4 nitrogen and oxygen atoms in total. The average Bonchev–Trinajstić information content (AvgIpc) is 2.85. The van der Waals surface area contributed by atoms with Gasteiger partial charge in [0.05, 0.1) is 13.4 Å². The van der Waals surface area contributed by atoms with Crippen LogP contribution in [0.3, 0.4) is 0 Å². The van der Waals surface area contributed by atoms with Crippen LogP contribution in [-0.2, 0) is 4.74 Å². The number of rotatable bonds is 2. The molecule has 0 aliphatic carbocycles. The number of carbonyl (C=O) groups excluding carboxylic acids is 1. The Kier molecular flexibility index (Phi) is 2.54. The van der Waals surface area contributed by atoms with Crippen molar-refractivity contribution in [1.82, 2.24) is 5.32 Å². The molecule has 1 aromatic heterocycles. The van der Waals surface area contributed by atoms with Crippen molar-refractivity contribution >= 4 is 5.97 Å². The highest BCUT2D eigenvalue weighted by Crippen LogP contribution is 2.27. The van der Waals surface area contributed by atoms with Gasteiger partial charge in [0.2, 0.25) is 5.76 Å². The Morgan fingerprint density at radius 1 is 1.71 bits per heavy atom. The number of esters is 1. The lowest BCUT2D eigenvalue weighted by Gasteiger charge is -2.08. The Morgan fingerprint density at radius 2 is 2.57 bits per heavy atom. The van der Waals surface area contributed by atoms with Crippen LogP contribution in [0.25, 0.3) is 0 Å². The maximum absolute atomic E-state index is 11.3. The molecule has 14 heavy (non-hydrogen) atoms. The van der Waals surface area contributed by atoms with Crippen molar-refractivity contribution in [1.29, 1.82) is 0 Å². The zero-order chi connectivity index (χ0) is 9.97. The maximum Gasteiger partial charge on any atom is 0.374 e. The third kappa shape index (κ3) is 1.53. The third-order valence-corrected chi connectivity index (χ3v) is 2.50. The lowest BCUT2D eigenvalue weighted by molar-refractivity contribution is 0.0562. The summed E-state index contributed by atoms with van der Waals surface area (Å²) in [5, 5.41) is 3.31. The molecule has 76 valence electrons. The summed E-state index contributed by atoms with van der Waals surface area (Å²) in [5.41, 5.74) is 0.911. The molecular weight excluding hydrogens is 182 g/mol. The van der Waals surface area contributed by atoms with Crippen molar-refractivity contribution in [2.75, 3.05) is 13.7 Å². The lowest BCUT2D eigenvalue weighted by Crippen LogP contribution is -2.15. The number of carbonyl (C=O) groups is 1. The summed E-state index contributed by atoms with van der Waals surface area (Å²) in [7, 11) is 1.36. The van der Waals surface area contributed by atoms with Gasteiger partial charge in [-0.05, 0) is 25.5 Å². The van der Waals surface area contributed by atoms with Gasteiger partial charge in [-0.3, -0.25) is 0 Å². The Labute approximate surface area is 82.2 Å². The van der Waals surface area contributed by atoms with Crippen molar-refractivity contribution in [3.8, 4) is 0 Å². The van der Waals surface area contributed by atoms with E-state index in [1.807, 2.05) is 6.07 Å². The van der Waals surface area contributed by atoms with Crippen molar-refractivity contribution in [2.24, 2.45) is 0 Å². The van der Waals surface area contributed by atoms with E-state index in [1.165, 1.54) is 13.4 Å². The van der Waals surface area contributed by atoms with Gasteiger partial charge in [-0.25, -0.2) is 4.79 Å². The molecule has 0 saturated carbocycles. The molecule has 0 unspecified atom stereocenters. The van der Waals surface area contributed by atoms with Crippen LogP contribution in [0.15, 0.2) is 16.7 Å². The van der Waals surface area contributed by atoms with Crippen LogP contribution < -0.4 is 5.32 Å². The van der Waals surface area contributed by atoms with Crippen molar-refractivity contribution in [3.05, 3.63) is 23.7 Å². The molecule has 1 aromatic rings. The summed E-state index contributed by atoms with van der Waals surface area (Å²) in [6.07, 6.45) is 3.71. The minimum Gasteiger partial charge on any atom is -0.463 e. The summed E-state index contributed by atoms with van der Waals surface area (Å²) in [6, 6.07) is 2.07. The largest absolute Gasteiger partial charge is 0.463 e. The van der Waals surface area contributed by atoms with Crippen molar-refractivity contribution in [3.63, 3.8) is 0 Å². The monoisotopic (exact) mass is 195 g/mol. The highest BCUT2D eigenvalue weighted by atomic mass is 16.5. The van der Waals surface area contributed by atoms with E-state index >= 15 is 0 Å². The molecule has 4 heteroatoms. The molecule has 0 aromatic carbocycles. The Bertz CT molecular complexity index is 326. The molecule has 2 heterocycles. The van der Waals surface area contributed by atoms with Gasteiger partial charge in [-0.1, -0.05) is 0 Å². The first-order valence-corrected chi connectivity index (χ1v) is 4.72. The van der Waals surface area contributed by atoms with Gasteiger partial charge < -0.3 is 14.5 Å². The van der Waals surface area contributed by atoms with Gasteiger partial charge in [0.25, 0.3) is 0 Å². The molecule has 1 saturated heterocycles. The maximum atomic E-state index is 11.3. The van der Waals surface area contributed by atoms with Crippen molar-refractivity contribution in [2.45, 2.75) is 18.9 Å². The fourth-order valence-corrected chi connectivity index (χ4v) is 1.80. The minimum atomic E-state index is -0.404. The van der Waals surface area contributed by atoms with E-state index in [0.717, 1.165) is 24.9 Å². The third-order valence-electron chi connectivity index (χ3n) is 2.50. The van der Waals surface area contributed by atoms with E-state index in [9.17, 15) is 4.79 Å². The normalized spacial score (nSPS) is 21.1. The summed E-state index contributed by atoms with van der Waals surface area (Å²) < 4.78 is 9.75. The zero-order valence-corrected chi connectivity index (χ0v) is 8.08. The average molecular weight is 195 g/mol. The molecule has 0 spiro atoms. The van der Waals surface area contributed by atoms with Crippen LogP contribution in [0.2, 0.25) is 0 Å². The van der Waals surface area contributed by atoms with E-state index < -0.39 is 5.97 Å². The van der Waals surface area contributed by atoms with E-state index in [2.05, 4.69) is 10.1 Å². The number of nitrogens with one attached hydrogen (secondary N) is 1. The van der Waals surface area contributed by atoms with Gasteiger partial charge in [0, 0.05) is 11.6 Å². The van der Waals surface area contributed by atoms with Crippen LogP contribution in [0.4, 0.5) is 0 Å². The Balaban J connectivity index is 2.24. The minimum absolute atomic E-state index is 0.239. The molecule has 1 atom stereocenters. The van der Waals surface area contributed by atoms with Crippen molar-refractivity contribution < 1.29 is 13.9 Å². The summed E-state index contributed by atoms with van der Waals surface area (Å²) in [6.45, 7) is 0.996. The van der Waals surface area contributed by atoms with Crippen LogP contribution in [0.1, 0.15) is 35.0 Å². The summed E-state index contributed by atoms with van der Waals surface area (Å²) in [5.74, 6) is -0.0781. The first-order valence-electron chi connectivity index (χ1n) is 4.72. The summed E-state index contributed by atoms with van der Waals surface area (Å²) in [4.78, 5) is 11.3. The predicted octanol–water partition coefficient (Wildman–Crippen LogP) is 1.49. The Hall–Kier alpha value is -1.29. The van der Waals surface area contributed by atoms with Gasteiger partial charge in [-0.2, -0.15) is 0 Å². The molecule has 2 rings (SSSR count). The second kappa shape index (κ2) is 3.84. The SMILES string of the molecule is COC(=O)c1occc1[C@H]1CCCN1. The van der Waals surface area contributed by atoms with Crippen LogP contribution in [0, 0.1) is 0 Å². The number of furan rings is 1. The first-order chi connectivity index (χ1) is 6.83. The van der Waals surface area contributed by atoms with E-state index in [0.29, 0.717) is 5.76 Å². The molecule has 1 fully saturated rings. The zero-order valence-electron chi connectivity index (χ0n) is 8.08. The number of methoxy groups -OCH3 is 1. The highest BCUT2D eigenvalue weighted by molar-refractivity contribution is 5.88. The standard InChI is InChI=1S/C10H13NO3/c1-13-10(12)9-7(4-6-14-9)8-3-2-5-11-8/h4,6,8,11H,2-3,5H2,1H3/t8-/m1/s1.